The van der Waals surface area contributed by atoms with Crippen molar-refractivity contribution in [3.05, 3.63) is 47.9 Å². The van der Waals surface area contributed by atoms with Crippen molar-refractivity contribution >= 4 is 28.6 Å². The van der Waals surface area contributed by atoms with Gasteiger partial charge in [0.2, 0.25) is 5.95 Å². The second-order valence-corrected chi connectivity index (χ2v) is 8.39. The molecular weight excluding hydrogens is 392 g/mol. The van der Waals surface area contributed by atoms with E-state index in [1.54, 1.807) is 0 Å². The Morgan fingerprint density at radius 1 is 0.903 bits per heavy atom. The van der Waals surface area contributed by atoms with E-state index in [0.29, 0.717) is 31.9 Å². The van der Waals surface area contributed by atoms with Crippen LogP contribution in [0.2, 0.25) is 0 Å². The van der Waals surface area contributed by atoms with Crippen molar-refractivity contribution in [2.45, 2.75) is 6.92 Å². The Morgan fingerprint density at radius 3 is 2.35 bits per heavy atom. The predicted molar refractivity (Wildman–Crippen MR) is 121 cm³/mol. The molecule has 0 radical (unpaired) electrons. The van der Waals surface area contributed by atoms with Crippen LogP contribution in [0.5, 0.6) is 0 Å². The molecule has 1 aromatic carbocycles. The van der Waals surface area contributed by atoms with E-state index < -0.39 is 0 Å². The van der Waals surface area contributed by atoms with Gasteiger partial charge in [-0.3, -0.25) is 4.79 Å². The molecular formula is C23H28N6O2. The number of amides is 1. The van der Waals surface area contributed by atoms with Gasteiger partial charge < -0.3 is 24.0 Å². The Balaban J connectivity index is 1.26. The zero-order chi connectivity index (χ0) is 21.4. The highest BCUT2D eigenvalue weighted by atomic mass is 16.3. The minimum atomic E-state index is -0.0564. The number of anilines is 2. The monoisotopic (exact) mass is 420 g/mol. The molecule has 0 saturated carbocycles. The molecule has 3 aromatic rings. The molecule has 0 unspecified atom stereocenters. The Labute approximate surface area is 182 Å². The molecule has 1 amide bonds. The van der Waals surface area contributed by atoms with Crippen molar-refractivity contribution in [3.8, 4) is 0 Å². The van der Waals surface area contributed by atoms with Gasteiger partial charge in [-0.25, -0.2) is 4.98 Å². The van der Waals surface area contributed by atoms with E-state index >= 15 is 0 Å². The number of nitrogens with zero attached hydrogens (tertiary/aromatic N) is 6. The second-order valence-electron chi connectivity index (χ2n) is 8.39. The Morgan fingerprint density at radius 2 is 1.61 bits per heavy atom. The van der Waals surface area contributed by atoms with Crippen LogP contribution in [0, 0.1) is 6.92 Å². The van der Waals surface area contributed by atoms with Gasteiger partial charge in [-0.15, -0.1) is 0 Å². The van der Waals surface area contributed by atoms with E-state index in [-0.39, 0.29) is 5.91 Å². The van der Waals surface area contributed by atoms with Crippen LogP contribution in [-0.2, 0) is 0 Å². The molecule has 2 aliphatic heterocycles. The second kappa shape index (κ2) is 8.19. The van der Waals surface area contributed by atoms with E-state index in [1.165, 1.54) is 0 Å². The summed E-state index contributed by atoms with van der Waals surface area (Å²) >= 11 is 0. The number of rotatable bonds is 3. The summed E-state index contributed by atoms with van der Waals surface area (Å²) in [7, 11) is 2.15. The minimum absolute atomic E-state index is 0.0564. The van der Waals surface area contributed by atoms with Crippen molar-refractivity contribution < 1.29 is 9.21 Å². The molecule has 8 heteroatoms. The standard InChI is InChI=1S/C23H28N6O2/c1-17-15-21(27-9-7-26(2)8-10-27)25-23(24-17)29-13-11-28(12-14-29)22(30)20-16-18-5-3-4-6-19(18)31-20/h3-6,15-16H,7-14H2,1-2H3. The first kappa shape index (κ1) is 19.8. The van der Waals surface area contributed by atoms with Crippen LogP contribution in [0.25, 0.3) is 11.0 Å². The fourth-order valence-electron chi connectivity index (χ4n) is 4.23. The molecule has 0 atom stereocenters. The fraction of sp³-hybridized carbons (Fsp3) is 0.435. The Bertz CT molecular complexity index is 1050. The summed E-state index contributed by atoms with van der Waals surface area (Å²) in [5, 5.41) is 0.953. The summed E-state index contributed by atoms with van der Waals surface area (Å²) in [6, 6.07) is 11.6. The summed E-state index contributed by atoms with van der Waals surface area (Å²) in [4.78, 5) is 31.2. The molecule has 2 saturated heterocycles. The number of fused-ring (bicyclic) bond motifs is 1. The van der Waals surface area contributed by atoms with E-state index in [9.17, 15) is 4.79 Å². The summed E-state index contributed by atoms with van der Waals surface area (Å²) < 4.78 is 5.76. The summed E-state index contributed by atoms with van der Waals surface area (Å²) in [6.45, 7) is 8.72. The van der Waals surface area contributed by atoms with Crippen LogP contribution in [-0.4, -0.2) is 85.1 Å². The highest BCUT2D eigenvalue weighted by Crippen LogP contribution is 2.22. The smallest absolute Gasteiger partial charge is 0.289 e. The molecule has 0 aliphatic carbocycles. The van der Waals surface area contributed by atoms with Crippen molar-refractivity contribution in [2.75, 3.05) is 69.2 Å². The average Bonchev–Trinajstić information content (AvgIpc) is 3.23. The lowest BCUT2D eigenvalue weighted by atomic mass is 10.2. The number of para-hydroxylation sites is 1. The fourth-order valence-corrected chi connectivity index (χ4v) is 4.23. The largest absolute Gasteiger partial charge is 0.451 e. The SMILES string of the molecule is Cc1cc(N2CCN(C)CC2)nc(N2CCN(C(=O)c3cc4ccccc4o3)CC2)n1. The maximum Gasteiger partial charge on any atom is 0.289 e. The van der Waals surface area contributed by atoms with E-state index in [0.717, 1.165) is 54.6 Å². The van der Waals surface area contributed by atoms with Gasteiger partial charge in [0.25, 0.3) is 5.91 Å². The molecule has 0 bridgehead atoms. The van der Waals surface area contributed by atoms with E-state index in [2.05, 4.69) is 32.8 Å². The van der Waals surface area contributed by atoms with Crippen molar-refractivity contribution in [2.24, 2.45) is 0 Å². The van der Waals surface area contributed by atoms with Crippen LogP contribution in [0.15, 0.2) is 40.8 Å². The third-order valence-electron chi connectivity index (χ3n) is 6.14. The highest BCUT2D eigenvalue weighted by Gasteiger charge is 2.26. The van der Waals surface area contributed by atoms with Crippen LogP contribution in [0.1, 0.15) is 16.2 Å². The number of likely N-dealkylation sites (N-methyl/N-ethyl adjacent to an activating group) is 1. The molecule has 5 rings (SSSR count). The van der Waals surface area contributed by atoms with Crippen molar-refractivity contribution in [1.82, 2.24) is 19.8 Å². The maximum absolute atomic E-state index is 12.9. The number of carbonyl (C=O) groups excluding carboxylic acids is 1. The number of aromatic nitrogens is 2. The van der Waals surface area contributed by atoms with Gasteiger partial charge >= 0.3 is 0 Å². The lowest BCUT2D eigenvalue weighted by Gasteiger charge is -2.36. The first-order valence-corrected chi connectivity index (χ1v) is 10.9. The van der Waals surface area contributed by atoms with Gasteiger partial charge in [0.05, 0.1) is 0 Å². The minimum Gasteiger partial charge on any atom is -0.451 e. The summed E-state index contributed by atoms with van der Waals surface area (Å²) in [5.74, 6) is 2.10. The number of piperazine rings is 2. The third kappa shape index (κ3) is 4.07. The van der Waals surface area contributed by atoms with Crippen molar-refractivity contribution in [1.29, 1.82) is 0 Å². The van der Waals surface area contributed by atoms with Crippen LogP contribution in [0.4, 0.5) is 11.8 Å². The molecule has 162 valence electrons. The van der Waals surface area contributed by atoms with Gasteiger partial charge in [-0.05, 0) is 26.1 Å². The van der Waals surface area contributed by atoms with Crippen LogP contribution in [0.3, 0.4) is 0 Å². The molecule has 31 heavy (non-hydrogen) atoms. The molecule has 8 nitrogen and oxygen atoms in total. The summed E-state index contributed by atoms with van der Waals surface area (Å²) in [6.07, 6.45) is 0. The predicted octanol–water partition coefficient (Wildman–Crippen LogP) is 2.25. The third-order valence-corrected chi connectivity index (χ3v) is 6.14. The van der Waals surface area contributed by atoms with Crippen molar-refractivity contribution in [3.63, 3.8) is 0 Å². The van der Waals surface area contributed by atoms with Gasteiger partial charge in [-0.1, -0.05) is 18.2 Å². The zero-order valence-corrected chi connectivity index (χ0v) is 18.1. The van der Waals surface area contributed by atoms with Crippen LogP contribution >= 0.6 is 0 Å². The molecule has 0 spiro atoms. The van der Waals surface area contributed by atoms with Gasteiger partial charge in [0, 0.05) is 69.5 Å². The Hall–Kier alpha value is -3.13. The molecule has 2 fully saturated rings. The topological polar surface area (TPSA) is 69.0 Å². The molecule has 2 aromatic heterocycles. The normalized spacial score (nSPS) is 18.1. The first-order chi connectivity index (χ1) is 15.1. The number of benzene rings is 1. The number of furan rings is 1. The average molecular weight is 421 g/mol. The molecule has 4 heterocycles. The first-order valence-electron chi connectivity index (χ1n) is 10.9. The number of aryl methyl sites for hydroxylation is 1. The van der Waals surface area contributed by atoms with E-state index in [4.69, 9.17) is 9.40 Å². The Kier molecular flexibility index (Phi) is 5.23. The highest BCUT2D eigenvalue weighted by molar-refractivity contribution is 5.96. The quantitative estimate of drug-likeness (QED) is 0.644. The number of hydrogen-bond acceptors (Lipinski definition) is 7. The zero-order valence-electron chi connectivity index (χ0n) is 18.1. The lowest BCUT2D eigenvalue weighted by molar-refractivity contribution is 0.0716. The van der Waals surface area contributed by atoms with Crippen LogP contribution < -0.4 is 9.80 Å². The molecule has 2 aliphatic rings. The number of carbonyl (C=O) groups is 1. The summed E-state index contributed by atoms with van der Waals surface area (Å²) in [5.41, 5.74) is 1.72. The number of hydrogen-bond donors (Lipinski definition) is 0. The maximum atomic E-state index is 12.9. The lowest BCUT2D eigenvalue weighted by Crippen LogP contribution is -2.49. The van der Waals surface area contributed by atoms with Gasteiger partial charge in [0.1, 0.15) is 11.4 Å². The van der Waals surface area contributed by atoms with Gasteiger partial charge in [-0.2, -0.15) is 4.98 Å². The molecule has 0 N–H and O–H groups in total. The van der Waals surface area contributed by atoms with Gasteiger partial charge in [0.15, 0.2) is 5.76 Å². The van der Waals surface area contributed by atoms with E-state index in [1.807, 2.05) is 42.2 Å².